The van der Waals surface area contributed by atoms with E-state index >= 15 is 0 Å². The molecule has 0 aliphatic heterocycles. The van der Waals surface area contributed by atoms with Crippen LogP contribution in [0.2, 0.25) is 0 Å². The van der Waals surface area contributed by atoms with Crippen LogP contribution in [0.5, 0.6) is 0 Å². The first-order valence-corrected chi connectivity index (χ1v) is 6.74. The molecule has 5 N–H and O–H groups in total. The largest absolute Gasteiger partial charge is 0.384 e. The summed E-state index contributed by atoms with van der Waals surface area (Å²) in [5.41, 5.74) is 5.14. The zero-order valence-corrected chi connectivity index (χ0v) is 11.1. The van der Waals surface area contributed by atoms with Gasteiger partial charge in [-0.1, -0.05) is 0 Å². The van der Waals surface area contributed by atoms with Gasteiger partial charge in [-0.25, -0.2) is 4.39 Å². The Morgan fingerprint density at radius 1 is 1.53 bits per heavy atom. The lowest BCUT2D eigenvalue weighted by molar-refractivity contribution is 0.204. The standard InChI is InChI=1S/C10H15FN4O3S/c1-18-5-4-14-19(16,17)15-9-3-2-7(10(12)13)6-8(9)11/h2-3,6,14-15H,4-5H2,1H3,(H3,12,13). The fourth-order valence-electron chi connectivity index (χ4n) is 1.22. The predicted octanol–water partition coefficient (Wildman–Crippen LogP) is 0.00247. The van der Waals surface area contributed by atoms with Crippen molar-refractivity contribution in [2.75, 3.05) is 25.0 Å². The van der Waals surface area contributed by atoms with Crippen LogP contribution < -0.4 is 15.2 Å². The van der Waals surface area contributed by atoms with Crippen LogP contribution in [0.4, 0.5) is 10.1 Å². The lowest BCUT2D eigenvalue weighted by Crippen LogP contribution is -2.32. The van der Waals surface area contributed by atoms with Gasteiger partial charge in [-0.3, -0.25) is 10.1 Å². The highest BCUT2D eigenvalue weighted by Crippen LogP contribution is 2.16. The maximum Gasteiger partial charge on any atom is 0.299 e. The molecule has 0 radical (unpaired) electrons. The van der Waals surface area contributed by atoms with Crippen molar-refractivity contribution in [2.45, 2.75) is 0 Å². The summed E-state index contributed by atoms with van der Waals surface area (Å²) in [6.45, 7) is 0.269. The van der Waals surface area contributed by atoms with Gasteiger partial charge >= 0.3 is 0 Å². The molecule has 0 unspecified atom stereocenters. The summed E-state index contributed by atoms with van der Waals surface area (Å²) >= 11 is 0. The second-order valence-electron chi connectivity index (χ2n) is 3.60. The van der Waals surface area contributed by atoms with E-state index in [0.29, 0.717) is 0 Å². The van der Waals surface area contributed by atoms with Crippen LogP contribution >= 0.6 is 0 Å². The molecule has 1 rings (SSSR count). The number of hydrogen-bond donors (Lipinski definition) is 4. The molecule has 7 nitrogen and oxygen atoms in total. The van der Waals surface area contributed by atoms with Gasteiger partial charge in [0.05, 0.1) is 12.3 Å². The van der Waals surface area contributed by atoms with E-state index < -0.39 is 16.0 Å². The number of ether oxygens (including phenoxy) is 1. The molecule has 1 aromatic rings. The van der Waals surface area contributed by atoms with E-state index in [9.17, 15) is 12.8 Å². The van der Waals surface area contributed by atoms with Crippen molar-refractivity contribution in [2.24, 2.45) is 5.73 Å². The normalized spacial score (nSPS) is 11.3. The van der Waals surface area contributed by atoms with Gasteiger partial charge in [0.1, 0.15) is 11.7 Å². The third-order valence-electron chi connectivity index (χ3n) is 2.12. The molecule has 0 aromatic heterocycles. The average Bonchev–Trinajstić information content (AvgIpc) is 2.31. The number of rotatable bonds is 7. The molecule has 0 heterocycles. The van der Waals surface area contributed by atoms with Crippen LogP contribution in [-0.4, -0.2) is 34.5 Å². The van der Waals surface area contributed by atoms with Crippen LogP contribution in [0.1, 0.15) is 5.56 Å². The van der Waals surface area contributed by atoms with Crippen molar-refractivity contribution >= 4 is 21.7 Å². The Balaban J connectivity index is 2.79. The van der Waals surface area contributed by atoms with Crippen LogP contribution in [0.3, 0.4) is 0 Å². The number of anilines is 1. The molecule has 106 valence electrons. The van der Waals surface area contributed by atoms with Gasteiger partial charge in [0.15, 0.2) is 0 Å². The molecule has 0 amide bonds. The van der Waals surface area contributed by atoms with E-state index in [-0.39, 0.29) is 30.2 Å². The Morgan fingerprint density at radius 3 is 2.74 bits per heavy atom. The first-order valence-electron chi connectivity index (χ1n) is 5.26. The number of halogens is 1. The maximum absolute atomic E-state index is 13.6. The number of methoxy groups -OCH3 is 1. The summed E-state index contributed by atoms with van der Waals surface area (Å²) in [6.07, 6.45) is 0. The fourth-order valence-corrected chi connectivity index (χ4v) is 2.10. The molecular formula is C10H15FN4O3S. The number of nitrogens with one attached hydrogen (secondary N) is 3. The molecule has 19 heavy (non-hydrogen) atoms. The molecule has 0 fully saturated rings. The number of benzene rings is 1. The van der Waals surface area contributed by atoms with E-state index in [1.807, 2.05) is 4.72 Å². The minimum Gasteiger partial charge on any atom is -0.384 e. The van der Waals surface area contributed by atoms with Crippen molar-refractivity contribution in [3.63, 3.8) is 0 Å². The Labute approximate surface area is 110 Å². The van der Waals surface area contributed by atoms with Crippen LogP contribution in [-0.2, 0) is 14.9 Å². The average molecular weight is 290 g/mol. The second-order valence-corrected chi connectivity index (χ2v) is 5.10. The Morgan fingerprint density at radius 2 is 2.21 bits per heavy atom. The van der Waals surface area contributed by atoms with E-state index in [0.717, 1.165) is 6.07 Å². The van der Waals surface area contributed by atoms with Crippen molar-refractivity contribution in [3.8, 4) is 0 Å². The molecule has 0 atom stereocenters. The maximum atomic E-state index is 13.6. The molecule has 9 heteroatoms. The minimum atomic E-state index is -3.87. The molecule has 0 saturated carbocycles. The van der Waals surface area contributed by atoms with Crippen molar-refractivity contribution < 1.29 is 17.5 Å². The monoisotopic (exact) mass is 290 g/mol. The number of nitrogens with two attached hydrogens (primary N) is 1. The highest BCUT2D eigenvalue weighted by atomic mass is 32.2. The SMILES string of the molecule is COCCNS(=O)(=O)Nc1ccc(C(=N)N)cc1F. The zero-order valence-electron chi connectivity index (χ0n) is 10.2. The van der Waals surface area contributed by atoms with E-state index in [1.165, 1.54) is 19.2 Å². The van der Waals surface area contributed by atoms with Gasteiger partial charge in [0.2, 0.25) is 0 Å². The molecular weight excluding hydrogens is 275 g/mol. The van der Waals surface area contributed by atoms with Gasteiger partial charge < -0.3 is 10.5 Å². The number of amidine groups is 1. The summed E-state index contributed by atoms with van der Waals surface area (Å²) in [5, 5.41) is 7.14. The first-order chi connectivity index (χ1) is 8.85. The summed E-state index contributed by atoms with van der Waals surface area (Å²) in [5.74, 6) is -1.11. The smallest absolute Gasteiger partial charge is 0.299 e. The van der Waals surface area contributed by atoms with Crippen molar-refractivity contribution in [1.82, 2.24) is 4.72 Å². The Kier molecular flexibility index (Phi) is 5.21. The van der Waals surface area contributed by atoms with Gasteiger partial charge in [-0.05, 0) is 18.2 Å². The van der Waals surface area contributed by atoms with Crippen molar-refractivity contribution in [1.29, 1.82) is 5.41 Å². The fraction of sp³-hybridized carbons (Fsp3) is 0.300. The summed E-state index contributed by atoms with van der Waals surface area (Å²) in [4.78, 5) is 0. The Hall–Kier alpha value is -1.71. The number of nitrogen functional groups attached to an aromatic ring is 1. The second kappa shape index (κ2) is 6.45. The van der Waals surface area contributed by atoms with Crippen molar-refractivity contribution in [3.05, 3.63) is 29.6 Å². The molecule has 0 aliphatic carbocycles. The molecule has 0 aliphatic rings. The van der Waals surface area contributed by atoms with Gasteiger partial charge in [-0.2, -0.15) is 13.1 Å². The van der Waals surface area contributed by atoms with Gasteiger partial charge in [-0.15, -0.1) is 0 Å². The van der Waals surface area contributed by atoms with Gasteiger partial charge in [0.25, 0.3) is 10.2 Å². The zero-order chi connectivity index (χ0) is 14.5. The molecule has 0 bridgehead atoms. The lowest BCUT2D eigenvalue weighted by atomic mass is 10.2. The van der Waals surface area contributed by atoms with E-state index in [4.69, 9.17) is 11.1 Å². The molecule has 0 spiro atoms. The molecule has 0 saturated heterocycles. The third-order valence-corrected chi connectivity index (χ3v) is 3.20. The van der Waals surface area contributed by atoms with E-state index in [1.54, 1.807) is 0 Å². The summed E-state index contributed by atoms with van der Waals surface area (Å²) in [6, 6.07) is 3.52. The predicted molar refractivity (Wildman–Crippen MR) is 69.8 cm³/mol. The topological polar surface area (TPSA) is 117 Å². The summed E-state index contributed by atoms with van der Waals surface area (Å²) in [7, 11) is -2.43. The highest BCUT2D eigenvalue weighted by molar-refractivity contribution is 7.90. The first kappa shape index (κ1) is 15.3. The van der Waals surface area contributed by atoms with E-state index in [2.05, 4.69) is 9.46 Å². The summed E-state index contributed by atoms with van der Waals surface area (Å²) < 4.78 is 45.6. The highest BCUT2D eigenvalue weighted by Gasteiger charge is 2.13. The van der Waals surface area contributed by atoms with Crippen LogP contribution in [0.15, 0.2) is 18.2 Å². The van der Waals surface area contributed by atoms with Crippen LogP contribution in [0, 0.1) is 11.2 Å². The lowest BCUT2D eigenvalue weighted by Gasteiger charge is -2.10. The Bertz CT molecular complexity index is 562. The number of hydrogen-bond acceptors (Lipinski definition) is 4. The third kappa shape index (κ3) is 4.81. The quantitative estimate of drug-likeness (QED) is 0.321. The van der Waals surface area contributed by atoms with Crippen LogP contribution in [0.25, 0.3) is 0 Å². The minimum absolute atomic E-state index is 0.0684. The van der Waals surface area contributed by atoms with Gasteiger partial charge in [0, 0.05) is 19.2 Å². The molecule has 1 aromatic carbocycles.